The van der Waals surface area contributed by atoms with Gasteiger partial charge in [-0.3, -0.25) is 0 Å². The van der Waals surface area contributed by atoms with Gasteiger partial charge in [-0.05, 0) is 286 Å². The molecule has 0 aliphatic heterocycles. The average Bonchev–Trinajstić information content (AvgIpc) is 1.41. The van der Waals surface area contributed by atoms with Gasteiger partial charge in [0.2, 0.25) is 0 Å². The van der Waals surface area contributed by atoms with Crippen LogP contribution in [0.5, 0.6) is 0 Å². The molecule has 0 spiro atoms. The van der Waals surface area contributed by atoms with Gasteiger partial charge < -0.3 is 8.80 Å². The Kier molecular flexibility index (Phi) is 9.30. The Balaban J connectivity index is 0.877. The minimum Gasteiger partial charge on any atom is -0.309 e. The van der Waals surface area contributed by atoms with Gasteiger partial charge in [0.15, 0.2) is 5.69 Å². The summed E-state index contributed by atoms with van der Waals surface area (Å²) in [6.07, 6.45) is 25.8. The van der Waals surface area contributed by atoms with E-state index in [0.29, 0.717) is 11.8 Å². The van der Waals surface area contributed by atoms with Crippen molar-refractivity contribution in [2.45, 2.75) is 175 Å². The standard InChI is InChI=1S/C90H74N4/c1-92-84-73(52-16-4-5-17-52)88-80(82-76-59-22-10-12-24-61(59)77(83(82)84)62-25-13-11-23-60(62)76)68-35-54(90-41-48-29-49(42-90)31-50(30-48)43-90)33-66-64-36-70-63(37-71(64)94(88)86(66)68)65-32-53(89-38-45-26-46(39-89)28-47(27-45)40-89)34-67-79-81-75-57-20-8-6-18-55(57)74(56-19-7-9-21-58(56)75)78(81)69(44-91)72(51-14-2-3-15-51)87(79)93(70)85(65)67/h6-13,18-25,32-37,45-52,74-77H,2-5,14-17,26-31,38-43H2. The summed E-state index contributed by atoms with van der Waals surface area (Å²) < 4.78 is 5.68. The molecule has 0 unspecified atom stereocenters. The van der Waals surface area contributed by atoms with E-state index in [1.807, 2.05) is 0 Å². The van der Waals surface area contributed by atoms with Gasteiger partial charge in [0, 0.05) is 72.3 Å². The highest BCUT2D eigenvalue weighted by Crippen LogP contribution is 2.68. The molecule has 0 amide bonds. The monoisotopic (exact) mass is 1210 g/mol. The number of hydrogen-bond donors (Lipinski definition) is 0. The number of hydrogen-bond acceptors (Lipinski definition) is 1. The molecular formula is C90H74N4. The lowest BCUT2D eigenvalue weighted by Gasteiger charge is -2.57. The Bertz CT molecular complexity index is 5270. The fraction of sp³-hybridized carbons (Fsp3) is 0.378. The zero-order chi connectivity index (χ0) is 60.7. The van der Waals surface area contributed by atoms with Gasteiger partial charge in [0.05, 0.1) is 45.8 Å². The van der Waals surface area contributed by atoms with Crippen molar-refractivity contribution in [3.63, 3.8) is 0 Å². The first kappa shape index (κ1) is 51.0. The molecule has 454 valence electrons. The predicted molar refractivity (Wildman–Crippen MR) is 378 cm³/mol. The van der Waals surface area contributed by atoms with Crippen LogP contribution in [0.2, 0.25) is 0 Å². The maximum atomic E-state index is 12.4. The molecule has 4 aromatic heterocycles. The van der Waals surface area contributed by atoms with Crippen molar-refractivity contribution in [3.8, 4) is 6.07 Å². The third kappa shape index (κ3) is 5.87. The average molecular weight is 1210 g/mol. The molecule has 4 nitrogen and oxygen atoms in total. The summed E-state index contributed by atoms with van der Waals surface area (Å²) in [5.41, 5.74) is 33.2. The van der Waals surface area contributed by atoms with Crippen LogP contribution in [0.1, 0.15) is 259 Å². The molecule has 4 heteroatoms. The second-order valence-electron chi connectivity index (χ2n) is 33.9. The highest BCUT2D eigenvalue weighted by Gasteiger charge is 2.55. The number of aromatic nitrogens is 2. The highest BCUT2D eigenvalue weighted by atomic mass is 15.0. The molecule has 13 aromatic rings. The molecule has 10 saturated carbocycles. The number of nitrogens with zero attached hydrogens (tertiary/aromatic N) is 4. The van der Waals surface area contributed by atoms with Crippen molar-refractivity contribution in [1.82, 2.24) is 8.80 Å². The normalized spacial score (nSPS) is 30.3. The van der Waals surface area contributed by atoms with Crippen LogP contribution in [-0.2, 0) is 10.8 Å². The Hall–Kier alpha value is -8.44. The summed E-state index contributed by atoms with van der Waals surface area (Å²) in [6, 6.07) is 57.5. The Labute approximate surface area is 548 Å². The van der Waals surface area contributed by atoms with Crippen LogP contribution < -0.4 is 0 Å². The van der Waals surface area contributed by atoms with Crippen LogP contribution in [0.3, 0.4) is 0 Å². The number of nitriles is 1. The van der Waals surface area contributed by atoms with E-state index >= 15 is 0 Å². The zero-order valence-electron chi connectivity index (χ0n) is 53.6. The van der Waals surface area contributed by atoms with Gasteiger partial charge in [0.1, 0.15) is 0 Å². The van der Waals surface area contributed by atoms with Crippen LogP contribution in [0, 0.1) is 53.4 Å². The SMILES string of the molecule is [C-]#[N+]c1c2c(c3c4cc(C56CC7CC(CC(C7)C5)C6)cc5c6cc7c(cc6n(c3c1C1CCCC1)c54)c1cc(C34CC5CC(CC(C5)C3)C4)cc3c4c5c(c(C#N)c(C6CCCC6)c4n7c13)C1c3ccccc3C5c3ccccc31)C1c3ccccc3C2c2ccccc21. The van der Waals surface area contributed by atoms with Gasteiger partial charge in [0.25, 0.3) is 0 Å². The molecule has 0 saturated heterocycles. The minimum atomic E-state index is 0.0188. The van der Waals surface area contributed by atoms with Gasteiger partial charge in [-0.15, -0.1) is 0 Å². The van der Waals surface area contributed by atoms with Crippen LogP contribution in [-0.4, -0.2) is 8.80 Å². The van der Waals surface area contributed by atoms with E-state index in [9.17, 15) is 11.8 Å². The molecule has 9 aromatic carbocycles. The van der Waals surface area contributed by atoms with Gasteiger partial charge in [-0.2, -0.15) is 5.26 Å². The Morgan fingerprint density at radius 3 is 1.07 bits per heavy atom. The lowest BCUT2D eigenvalue weighted by atomic mass is 9.48. The van der Waals surface area contributed by atoms with Gasteiger partial charge in [-0.25, -0.2) is 4.85 Å². The van der Waals surface area contributed by atoms with Crippen molar-refractivity contribution in [2.75, 3.05) is 0 Å². The summed E-state index contributed by atoms with van der Waals surface area (Å²) >= 11 is 0. The third-order valence-corrected chi connectivity index (χ3v) is 29.7. The Morgan fingerprint density at radius 2 is 0.702 bits per heavy atom. The van der Waals surface area contributed by atoms with Crippen LogP contribution in [0.4, 0.5) is 5.69 Å². The maximum absolute atomic E-state index is 12.4. The molecular weight excluding hydrogens is 1140 g/mol. The molecule has 16 aliphatic rings. The Morgan fingerprint density at radius 1 is 0.372 bits per heavy atom. The van der Waals surface area contributed by atoms with Gasteiger partial charge in [-0.1, -0.05) is 123 Å². The van der Waals surface area contributed by atoms with Crippen molar-refractivity contribution < 1.29 is 0 Å². The summed E-state index contributed by atoms with van der Waals surface area (Å²) in [5, 5.41) is 23.8. The summed E-state index contributed by atoms with van der Waals surface area (Å²) in [6.45, 7) is 9.71. The van der Waals surface area contributed by atoms with Crippen molar-refractivity contribution in [2.24, 2.45) is 35.5 Å². The lowest BCUT2D eigenvalue weighted by molar-refractivity contribution is -0.00520. The van der Waals surface area contributed by atoms with Gasteiger partial charge >= 0.3 is 0 Å². The summed E-state index contributed by atoms with van der Waals surface area (Å²) in [4.78, 5) is 4.96. The van der Waals surface area contributed by atoms with Crippen LogP contribution >= 0.6 is 0 Å². The van der Waals surface area contributed by atoms with Crippen molar-refractivity contribution in [3.05, 3.63) is 239 Å². The number of fused-ring (bicyclic) bond motifs is 12. The zero-order valence-corrected chi connectivity index (χ0v) is 53.6. The fourth-order valence-electron chi connectivity index (χ4n) is 27.5. The number of rotatable bonds is 4. The van der Waals surface area contributed by atoms with E-state index in [2.05, 4.69) is 148 Å². The van der Waals surface area contributed by atoms with E-state index in [-0.39, 0.29) is 34.5 Å². The molecule has 0 radical (unpaired) electrons. The van der Waals surface area contributed by atoms with E-state index in [4.69, 9.17) is 4.85 Å². The van der Waals surface area contributed by atoms with Crippen LogP contribution in [0.25, 0.3) is 81.0 Å². The highest BCUT2D eigenvalue weighted by molar-refractivity contribution is 6.31. The molecule has 29 rings (SSSR count). The summed E-state index contributed by atoms with van der Waals surface area (Å²) in [5.74, 6) is 5.69. The molecule has 0 atom stereocenters. The molecule has 94 heavy (non-hydrogen) atoms. The second kappa shape index (κ2) is 17.1. The third-order valence-electron chi connectivity index (χ3n) is 29.7. The lowest BCUT2D eigenvalue weighted by Crippen LogP contribution is -2.48. The van der Waals surface area contributed by atoms with E-state index in [1.165, 1.54) is 257 Å². The molecule has 12 bridgehead atoms. The molecule has 0 N–H and O–H groups in total. The van der Waals surface area contributed by atoms with E-state index < -0.39 is 0 Å². The molecule has 10 fully saturated rings. The van der Waals surface area contributed by atoms with Crippen LogP contribution in [0.15, 0.2) is 133 Å². The predicted octanol–water partition coefficient (Wildman–Crippen LogP) is 22.6. The fourth-order valence-corrected chi connectivity index (χ4v) is 27.5. The topological polar surface area (TPSA) is 37.0 Å². The minimum absolute atomic E-state index is 0.0188. The van der Waals surface area contributed by atoms with E-state index in [0.717, 1.165) is 72.4 Å². The van der Waals surface area contributed by atoms with Crippen molar-refractivity contribution in [1.29, 1.82) is 5.26 Å². The maximum Gasteiger partial charge on any atom is 0.197 e. The quantitative estimate of drug-likeness (QED) is 0.162. The first-order valence-corrected chi connectivity index (χ1v) is 37.2. The number of benzene rings is 9. The largest absolute Gasteiger partial charge is 0.309 e. The molecule has 4 heterocycles. The summed E-state index contributed by atoms with van der Waals surface area (Å²) in [7, 11) is 0. The smallest absolute Gasteiger partial charge is 0.197 e. The first-order chi connectivity index (χ1) is 46.4. The first-order valence-electron chi connectivity index (χ1n) is 37.2. The molecule has 16 aliphatic carbocycles. The van der Waals surface area contributed by atoms with E-state index in [1.54, 1.807) is 11.1 Å². The second-order valence-corrected chi connectivity index (χ2v) is 33.9. The van der Waals surface area contributed by atoms with Crippen molar-refractivity contribution >= 4 is 81.9 Å².